The van der Waals surface area contributed by atoms with Crippen molar-refractivity contribution in [2.24, 2.45) is 0 Å². The molecule has 0 aliphatic carbocycles. The smallest absolute Gasteiger partial charge is 0.108 e. The molecule has 3 heteroatoms. The van der Waals surface area contributed by atoms with Crippen LogP contribution in [-0.2, 0) is 13.1 Å². The van der Waals surface area contributed by atoms with Crippen molar-refractivity contribution < 1.29 is 0 Å². The normalized spacial score (nSPS) is 11.1. The van der Waals surface area contributed by atoms with Crippen molar-refractivity contribution in [1.82, 2.24) is 10.3 Å². The maximum Gasteiger partial charge on any atom is 0.108 e. The molecule has 3 aromatic rings. The van der Waals surface area contributed by atoms with Crippen LogP contribution in [0.4, 0.5) is 0 Å². The number of aromatic nitrogens is 1. The zero-order valence-electron chi connectivity index (χ0n) is 11.8. The fourth-order valence-corrected chi connectivity index (χ4v) is 3.23. The maximum absolute atomic E-state index is 4.64. The van der Waals surface area contributed by atoms with Gasteiger partial charge in [-0.2, -0.15) is 0 Å². The van der Waals surface area contributed by atoms with Gasteiger partial charge in [-0.25, -0.2) is 4.98 Å². The largest absolute Gasteiger partial charge is 0.306 e. The second kappa shape index (κ2) is 5.73. The highest BCUT2D eigenvalue weighted by molar-refractivity contribution is 7.18. The Morgan fingerprint density at radius 1 is 1.05 bits per heavy atom. The van der Waals surface area contributed by atoms with Crippen LogP contribution in [-0.4, -0.2) is 4.98 Å². The van der Waals surface area contributed by atoms with E-state index in [0.717, 1.165) is 23.6 Å². The lowest BCUT2D eigenvalue weighted by molar-refractivity contribution is 0.688. The minimum atomic E-state index is 0.826. The van der Waals surface area contributed by atoms with Gasteiger partial charge in [0.2, 0.25) is 0 Å². The lowest BCUT2D eigenvalue weighted by Crippen LogP contribution is -2.13. The third-order valence-corrected chi connectivity index (χ3v) is 4.47. The van der Waals surface area contributed by atoms with E-state index < -0.39 is 0 Å². The van der Waals surface area contributed by atoms with E-state index in [1.54, 1.807) is 11.3 Å². The molecule has 102 valence electrons. The molecule has 0 spiro atoms. The predicted octanol–water partition coefficient (Wildman–Crippen LogP) is 4.20. The third-order valence-electron chi connectivity index (χ3n) is 3.43. The summed E-state index contributed by atoms with van der Waals surface area (Å²) in [5, 5.41) is 4.64. The van der Waals surface area contributed by atoms with E-state index >= 15 is 0 Å². The van der Waals surface area contributed by atoms with Gasteiger partial charge in [-0.1, -0.05) is 35.9 Å². The maximum atomic E-state index is 4.64. The number of aryl methyl sites for hydroxylation is 2. The summed E-state index contributed by atoms with van der Waals surface area (Å²) in [6.07, 6.45) is 0. The fourth-order valence-electron chi connectivity index (χ4n) is 2.29. The molecule has 1 N–H and O–H groups in total. The molecule has 2 aromatic carbocycles. The van der Waals surface area contributed by atoms with Crippen molar-refractivity contribution >= 4 is 21.6 Å². The first-order valence-electron chi connectivity index (χ1n) is 6.84. The number of fused-ring (bicyclic) bond motifs is 1. The van der Waals surface area contributed by atoms with Gasteiger partial charge in [0, 0.05) is 13.1 Å². The Kier molecular flexibility index (Phi) is 3.81. The molecule has 2 nitrogen and oxygen atoms in total. The van der Waals surface area contributed by atoms with Crippen LogP contribution in [0.25, 0.3) is 10.2 Å². The highest BCUT2D eigenvalue weighted by Crippen LogP contribution is 2.21. The second-order valence-corrected chi connectivity index (χ2v) is 6.22. The quantitative estimate of drug-likeness (QED) is 0.775. The molecule has 0 aliphatic heterocycles. The van der Waals surface area contributed by atoms with Gasteiger partial charge in [-0.15, -0.1) is 11.3 Å². The molecule has 0 bridgehead atoms. The molecule has 3 rings (SSSR count). The van der Waals surface area contributed by atoms with Gasteiger partial charge >= 0.3 is 0 Å². The SMILES string of the molecule is Cc1ccc(C)c(CNCc2nc3ccccc3s2)c1. The number of nitrogens with one attached hydrogen (secondary N) is 1. The number of hydrogen-bond donors (Lipinski definition) is 1. The Labute approximate surface area is 123 Å². The monoisotopic (exact) mass is 282 g/mol. The van der Waals surface area contributed by atoms with E-state index in [-0.39, 0.29) is 0 Å². The highest BCUT2D eigenvalue weighted by atomic mass is 32.1. The van der Waals surface area contributed by atoms with Crippen molar-refractivity contribution in [3.63, 3.8) is 0 Å². The molecular weight excluding hydrogens is 264 g/mol. The number of nitrogens with zero attached hydrogens (tertiary/aromatic N) is 1. The fraction of sp³-hybridized carbons (Fsp3) is 0.235. The molecule has 0 saturated heterocycles. The van der Waals surface area contributed by atoms with Crippen LogP contribution in [0.2, 0.25) is 0 Å². The van der Waals surface area contributed by atoms with Crippen molar-refractivity contribution in [2.45, 2.75) is 26.9 Å². The van der Waals surface area contributed by atoms with E-state index in [1.807, 2.05) is 6.07 Å². The van der Waals surface area contributed by atoms with Gasteiger partial charge in [-0.3, -0.25) is 0 Å². The van der Waals surface area contributed by atoms with Gasteiger partial charge in [0.05, 0.1) is 10.2 Å². The molecule has 0 fully saturated rings. The summed E-state index contributed by atoms with van der Waals surface area (Å²) in [6.45, 7) is 6.01. The summed E-state index contributed by atoms with van der Waals surface area (Å²) < 4.78 is 1.26. The first-order chi connectivity index (χ1) is 9.72. The van der Waals surface area contributed by atoms with Crippen molar-refractivity contribution in [2.75, 3.05) is 0 Å². The summed E-state index contributed by atoms with van der Waals surface area (Å²) in [5.74, 6) is 0. The molecule has 0 saturated carbocycles. The van der Waals surface area contributed by atoms with E-state index in [4.69, 9.17) is 0 Å². The summed E-state index contributed by atoms with van der Waals surface area (Å²) in [7, 11) is 0. The van der Waals surface area contributed by atoms with Gasteiger partial charge < -0.3 is 5.32 Å². The molecule has 0 atom stereocenters. The summed E-state index contributed by atoms with van der Waals surface area (Å²) in [4.78, 5) is 4.64. The van der Waals surface area contributed by atoms with Gasteiger partial charge in [0.25, 0.3) is 0 Å². The van der Waals surface area contributed by atoms with Gasteiger partial charge in [0.15, 0.2) is 0 Å². The van der Waals surface area contributed by atoms with E-state index in [9.17, 15) is 0 Å². The number of benzene rings is 2. The third kappa shape index (κ3) is 2.89. The lowest BCUT2D eigenvalue weighted by Gasteiger charge is -2.07. The summed E-state index contributed by atoms with van der Waals surface area (Å²) in [5.41, 5.74) is 5.12. The summed E-state index contributed by atoms with van der Waals surface area (Å²) >= 11 is 1.77. The first-order valence-corrected chi connectivity index (χ1v) is 7.65. The van der Waals surface area contributed by atoms with E-state index in [1.165, 1.54) is 21.4 Å². The van der Waals surface area contributed by atoms with Crippen molar-refractivity contribution in [3.05, 3.63) is 64.2 Å². The van der Waals surface area contributed by atoms with E-state index in [2.05, 4.69) is 60.5 Å². The Morgan fingerprint density at radius 3 is 2.75 bits per heavy atom. The van der Waals surface area contributed by atoms with Crippen LogP contribution in [0.3, 0.4) is 0 Å². The second-order valence-electron chi connectivity index (χ2n) is 5.11. The van der Waals surface area contributed by atoms with Crippen LogP contribution in [0.1, 0.15) is 21.7 Å². The number of thiazole rings is 1. The van der Waals surface area contributed by atoms with Crippen molar-refractivity contribution in [3.8, 4) is 0 Å². The van der Waals surface area contributed by atoms with Crippen molar-refractivity contribution in [1.29, 1.82) is 0 Å². The molecule has 0 unspecified atom stereocenters. The number of rotatable bonds is 4. The highest BCUT2D eigenvalue weighted by Gasteiger charge is 2.03. The average molecular weight is 282 g/mol. The Morgan fingerprint density at radius 2 is 1.90 bits per heavy atom. The number of para-hydroxylation sites is 1. The van der Waals surface area contributed by atoms with Crippen LogP contribution < -0.4 is 5.32 Å². The zero-order valence-corrected chi connectivity index (χ0v) is 12.6. The topological polar surface area (TPSA) is 24.9 Å². The molecular formula is C17H18N2S. The molecule has 20 heavy (non-hydrogen) atoms. The van der Waals surface area contributed by atoms with E-state index in [0.29, 0.717) is 0 Å². The zero-order chi connectivity index (χ0) is 13.9. The average Bonchev–Trinajstić information content (AvgIpc) is 2.85. The van der Waals surface area contributed by atoms with Crippen LogP contribution >= 0.6 is 11.3 Å². The lowest BCUT2D eigenvalue weighted by atomic mass is 10.1. The minimum absolute atomic E-state index is 0.826. The van der Waals surface area contributed by atoms with Crippen LogP contribution in [0, 0.1) is 13.8 Å². The summed E-state index contributed by atoms with van der Waals surface area (Å²) in [6, 6.07) is 14.9. The standard InChI is InChI=1S/C17H18N2S/c1-12-7-8-13(2)14(9-12)10-18-11-17-19-15-5-3-4-6-16(15)20-17/h3-9,18H,10-11H2,1-2H3. The van der Waals surface area contributed by atoms with Gasteiger partial charge in [0.1, 0.15) is 5.01 Å². The molecule has 1 aromatic heterocycles. The Hall–Kier alpha value is -1.71. The molecule has 0 radical (unpaired) electrons. The molecule has 0 aliphatic rings. The Bertz CT molecular complexity index is 698. The van der Waals surface area contributed by atoms with Crippen LogP contribution in [0.15, 0.2) is 42.5 Å². The Balaban J connectivity index is 1.66. The predicted molar refractivity (Wildman–Crippen MR) is 86.1 cm³/mol. The van der Waals surface area contributed by atoms with Gasteiger partial charge in [-0.05, 0) is 37.1 Å². The molecule has 1 heterocycles. The van der Waals surface area contributed by atoms with Crippen LogP contribution in [0.5, 0.6) is 0 Å². The minimum Gasteiger partial charge on any atom is -0.306 e. The molecule has 0 amide bonds. The number of hydrogen-bond acceptors (Lipinski definition) is 3. The first kappa shape index (κ1) is 13.3.